The Hall–Kier alpha value is -0.850. The summed E-state index contributed by atoms with van der Waals surface area (Å²) >= 11 is -1.55. The molecule has 0 saturated heterocycles. The van der Waals surface area contributed by atoms with E-state index in [9.17, 15) is 18.8 Å². The Morgan fingerprint density at radius 1 is 1.33 bits per heavy atom. The molecule has 0 heterocycles. The normalized spacial score (nSPS) is 17.0. The van der Waals surface area contributed by atoms with Crippen LogP contribution < -0.4 is 4.72 Å². The van der Waals surface area contributed by atoms with Crippen LogP contribution >= 0.6 is 7.37 Å². The molecule has 0 aromatic heterocycles. The lowest BCUT2D eigenvalue weighted by Crippen LogP contribution is -2.45. The van der Waals surface area contributed by atoms with E-state index >= 15 is 0 Å². The smallest absolute Gasteiger partial charge is 0.303 e. The highest BCUT2D eigenvalue weighted by molar-refractivity contribution is 7.91. The average Bonchev–Trinajstić information content (AvgIpc) is 2.49. The molecule has 136 valence electrons. The van der Waals surface area contributed by atoms with Gasteiger partial charge in [0.25, 0.3) is 0 Å². The standard InChI is InChI=1S/C16H26NO5PS/c1-16(2,3)24(22)17-14(9-10-15(18)19)23(20,21)12-11-13-7-5-4-6-8-13/h4-8,14,17H,9-12H2,1-3H3,(H,18,19)(H,20,21)/t14-,24+/m1/s1. The van der Waals surface area contributed by atoms with Crippen LogP contribution in [0.4, 0.5) is 0 Å². The van der Waals surface area contributed by atoms with Gasteiger partial charge >= 0.3 is 5.97 Å². The van der Waals surface area contributed by atoms with Gasteiger partial charge in [0.15, 0.2) is 0 Å². The second kappa shape index (κ2) is 9.02. The third-order valence-corrected chi connectivity index (χ3v) is 7.49. The molecular formula is C16H26NO5PS. The number of carboxylic acids is 1. The molecule has 3 N–H and O–H groups in total. The Morgan fingerprint density at radius 3 is 2.42 bits per heavy atom. The lowest BCUT2D eigenvalue weighted by atomic mass is 10.2. The molecule has 0 aliphatic heterocycles. The maximum absolute atomic E-state index is 12.7. The molecule has 8 heteroatoms. The Balaban J connectivity index is 2.81. The van der Waals surface area contributed by atoms with E-state index in [0.717, 1.165) is 5.56 Å². The number of benzene rings is 1. The summed E-state index contributed by atoms with van der Waals surface area (Å²) in [7, 11) is -3.72. The van der Waals surface area contributed by atoms with Crippen molar-refractivity contribution in [3.8, 4) is 0 Å². The molecule has 1 rings (SSSR count). The molecule has 1 aromatic carbocycles. The fourth-order valence-corrected chi connectivity index (χ4v) is 5.08. The number of carboxylic acid groups (broad SMARTS) is 1. The van der Waals surface area contributed by atoms with E-state index in [-0.39, 0.29) is 19.0 Å². The average molecular weight is 375 g/mol. The van der Waals surface area contributed by atoms with Crippen molar-refractivity contribution in [1.82, 2.24) is 4.72 Å². The first kappa shape index (κ1) is 21.2. The predicted octanol–water partition coefficient (Wildman–Crippen LogP) is 2.74. The summed E-state index contributed by atoms with van der Waals surface area (Å²) in [6.45, 7) is 5.24. The Kier molecular flexibility index (Phi) is 7.96. The van der Waals surface area contributed by atoms with Crippen molar-refractivity contribution in [3.63, 3.8) is 0 Å². The van der Waals surface area contributed by atoms with E-state index in [2.05, 4.69) is 4.72 Å². The topological polar surface area (TPSA) is 110 Å². The van der Waals surface area contributed by atoms with Crippen LogP contribution in [0.15, 0.2) is 30.3 Å². The molecule has 1 aromatic rings. The van der Waals surface area contributed by atoms with E-state index in [1.54, 1.807) is 20.8 Å². The minimum atomic E-state index is -3.72. The van der Waals surface area contributed by atoms with Crippen molar-refractivity contribution in [2.24, 2.45) is 0 Å². The Bertz CT molecular complexity index is 576. The second-order valence-electron chi connectivity index (χ2n) is 6.66. The summed E-state index contributed by atoms with van der Waals surface area (Å²) in [6, 6.07) is 9.31. The quantitative estimate of drug-likeness (QED) is 0.452. The van der Waals surface area contributed by atoms with Crippen molar-refractivity contribution in [2.45, 2.75) is 50.6 Å². The van der Waals surface area contributed by atoms with Gasteiger partial charge < -0.3 is 14.6 Å². The van der Waals surface area contributed by atoms with Gasteiger partial charge in [-0.2, -0.15) is 0 Å². The number of carbonyl (C=O) groups is 1. The lowest BCUT2D eigenvalue weighted by molar-refractivity contribution is -0.137. The van der Waals surface area contributed by atoms with E-state index in [0.29, 0.717) is 6.42 Å². The molecule has 0 bridgehead atoms. The van der Waals surface area contributed by atoms with Crippen molar-refractivity contribution in [2.75, 3.05) is 6.16 Å². The van der Waals surface area contributed by atoms with Gasteiger partial charge in [-0.1, -0.05) is 30.3 Å². The zero-order valence-electron chi connectivity index (χ0n) is 14.3. The Labute approximate surface area is 146 Å². The van der Waals surface area contributed by atoms with Crippen LogP contribution in [0.5, 0.6) is 0 Å². The first-order chi connectivity index (χ1) is 11.0. The number of hydrogen-bond donors (Lipinski definition) is 3. The highest BCUT2D eigenvalue weighted by Crippen LogP contribution is 2.48. The molecule has 0 saturated carbocycles. The number of hydrogen-bond acceptors (Lipinski definition) is 4. The van der Waals surface area contributed by atoms with E-state index < -0.39 is 35.2 Å². The van der Waals surface area contributed by atoms with Crippen LogP contribution in [0.1, 0.15) is 39.2 Å². The van der Waals surface area contributed by atoms with E-state index in [4.69, 9.17) is 5.11 Å². The minimum absolute atomic E-state index is 0.00957. The number of rotatable bonds is 9. The highest BCUT2D eigenvalue weighted by atomic mass is 32.2. The van der Waals surface area contributed by atoms with Crippen LogP contribution in [0.25, 0.3) is 0 Å². The van der Waals surface area contributed by atoms with Gasteiger partial charge in [0.1, 0.15) is 10.5 Å². The monoisotopic (exact) mass is 375 g/mol. The fourth-order valence-electron chi connectivity index (χ4n) is 1.99. The molecular weight excluding hydrogens is 349 g/mol. The van der Waals surface area contributed by atoms with E-state index in [1.807, 2.05) is 30.3 Å². The third-order valence-electron chi connectivity index (χ3n) is 3.48. The molecule has 6 nitrogen and oxygen atoms in total. The fraction of sp³-hybridized carbons (Fsp3) is 0.562. The van der Waals surface area contributed by atoms with Crippen LogP contribution in [-0.4, -0.2) is 37.2 Å². The van der Waals surface area contributed by atoms with Crippen LogP contribution in [0, 0.1) is 0 Å². The van der Waals surface area contributed by atoms with Crippen LogP contribution in [0.3, 0.4) is 0 Å². The summed E-state index contributed by atoms with van der Waals surface area (Å²) in [5.74, 6) is -2.05. The lowest BCUT2D eigenvalue weighted by Gasteiger charge is -2.30. The van der Waals surface area contributed by atoms with Gasteiger partial charge in [-0.05, 0) is 39.2 Å². The Morgan fingerprint density at radius 2 is 1.92 bits per heavy atom. The minimum Gasteiger partial charge on any atom is -0.598 e. The van der Waals surface area contributed by atoms with Crippen LogP contribution in [0.2, 0.25) is 0 Å². The number of aryl methyl sites for hydroxylation is 1. The maximum atomic E-state index is 12.7. The molecule has 0 aliphatic rings. The van der Waals surface area contributed by atoms with Gasteiger partial charge in [-0.25, -0.2) is 0 Å². The van der Waals surface area contributed by atoms with Crippen LogP contribution in [-0.2, 0) is 27.1 Å². The van der Waals surface area contributed by atoms with Gasteiger partial charge in [-0.15, -0.1) is 4.72 Å². The van der Waals surface area contributed by atoms with Crippen molar-refractivity contribution in [3.05, 3.63) is 35.9 Å². The van der Waals surface area contributed by atoms with Crippen molar-refractivity contribution >= 4 is 24.7 Å². The van der Waals surface area contributed by atoms with Gasteiger partial charge in [-0.3, -0.25) is 9.36 Å². The first-order valence-electron chi connectivity index (χ1n) is 7.77. The van der Waals surface area contributed by atoms with Gasteiger partial charge in [0.2, 0.25) is 7.37 Å². The molecule has 0 amide bonds. The van der Waals surface area contributed by atoms with E-state index in [1.165, 1.54) is 0 Å². The van der Waals surface area contributed by atoms with Crippen molar-refractivity contribution in [1.29, 1.82) is 0 Å². The number of aliphatic carboxylic acids is 1. The summed E-state index contributed by atoms with van der Waals surface area (Å²) in [5, 5.41) is 8.86. The molecule has 24 heavy (non-hydrogen) atoms. The zero-order chi connectivity index (χ0) is 18.4. The first-order valence-corrected chi connectivity index (χ1v) is 10.8. The van der Waals surface area contributed by atoms with Gasteiger partial charge in [0, 0.05) is 23.9 Å². The largest absolute Gasteiger partial charge is 0.598 e. The summed E-state index contributed by atoms with van der Waals surface area (Å²) in [4.78, 5) is 21.2. The SMILES string of the molecule is CC(C)(C)[S@+]([O-])N[C@@H](CCC(=O)O)P(=O)(O)CCc1ccccc1. The van der Waals surface area contributed by atoms with Gasteiger partial charge in [0.05, 0.1) is 0 Å². The molecule has 1 unspecified atom stereocenters. The second-order valence-corrected chi connectivity index (χ2v) is 11.2. The highest BCUT2D eigenvalue weighted by Gasteiger charge is 2.38. The molecule has 0 spiro atoms. The number of nitrogens with one attached hydrogen (secondary N) is 1. The predicted molar refractivity (Wildman–Crippen MR) is 96.5 cm³/mol. The summed E-state index contributed by atoms with van der Waals surface area (Å²) in [5.41, 5.74) is 0.931. The zero-order valence-corrected chi connectivity index (χ0v) is 16.0. The maximum Gasteiger partial charge on any atom is 0.303 e. The summed E-state index contributed by atoms with van der Waals surface area (Å²) in [6.07, 6.45) is 0.117. The van der Waals surface area contributed by atoms with Crippen molar-refractivity contribution < 1.29 is 23.9 Å². The molecule has 0 radical (unpaired) electrons. The molecule has 0 fully saturated rings. The third kappa shape index (κ3) is 7.36. The molecule has 0 aliphatic carbocycles. The summed E-state index contributed by atoms with van der Waals surface area (Å²) < 4.78 is 27.1. The molecule has 3 atom stereocenters.